The lowest BCUT2D eigenvalue weighted by molar-refractivity contribution is -0.120. The predicted molar refractivity (Wildman–Crippen MR) is 132 cm³/mol. The Hall–Kier alpha value is -3.30. The molecule has 3 aromatic rings. The summed E-state index contributed by atoms with van der Waals surface area (Å²) < 4.78 is 33.6. The standard InChI is InChI=1S/C26H28N4O4S/c31-26(29-22-6-3-7-23(17-22)34-25-18-27-12-13-28-25)20-10-14-30(15-11-20)35(32,33)24-9-8-19-4-1-2-5-21(19)16-24/h3,6-9,12-13,16-18,20H,1-2,4-5,10-11,14-15H2,(H,29,31). The van der Waals surface area contributed by atoms with Gasteiger partial charge < -0.3 is 10.1 Å². The molecule has 2 aliphatic rings. The van der Waals surface area contributed by atoms with Gasteiger partial charge in [0.1, 0.15) is 5.75 Å². The maximum Gasteiger partial charge on any atom is 0.243 e. The number of nitrogens with one attached hydrogen (secondary N) is 1. The van der Waals surface area contributed by atoms with Gasteiger partial charge in [0.25, 0.3) is 0 Å². The molecule has 0 unspecified atom stereocenters. The van der Waals surface area contributed by atoms with E-state index in [0.29, 0.717) is 48.1 Å². The smallest absolute Gasteiger partial charge is 0.243 e. The SMILES string of the molecule is O=C(Nc1cccc(Oc2cnccn2)c1)C1CCN(S(=O)(=O)c2ccc3c(c2)CCCC3)CC1. The molecule has 2 heterocycles. The Kier molecular flexibility index (Phi) is 6.79. The van der Waals surface area contributed by atoms with Crippen LogP contribution in [0.3, 0.4) is 0 Å². The lowest BCUT2D eigenvalue weighted by Gasteiger charge is -2.31. The number of carbonyl (C=O) groups excluding carboxylic acids is 1. The highest BCUT2D eigenvalue weighted by Gasteiger charge is 2.32. The summed E-state index contributed by atoms with van der Waals surface area (Å²) in [6.45, 7) is 0.653. The highest BCUT2D eigenvalue weighted by atomic mass is 32.2. The van der Waals surface area contributed by atoms with Gasteiger partial charge in [-0.05, 0) is 73.9 Å². The molecule has 0 saturated carbocycles. The van der Waals surface area contributed by atoms with E-state index in [4.69, 9.17) is 4.74 Å². The molecule has 1 aromatic heterocycles. The molecule has 5 rings (SSSR count). The zero-order valence-corrected chi connectivity index (χ0v) is 20.2. The monoisotopic (exact) mass is 492 g/mol. The van der Waals surface area contributed by atoms with Crippen LogP contribution in [0.2, 0.25) is 0 Å². The number of amides is 1. The summed E-state index contributed by atoms with van der Waals surface area (Å²) in [4.78, 5) is 21.3. The number of fused-ring (bicyclic) bond motifs is 1. The number of carbonyl (C=O) groups is 1. The van der Waals surface area contributed by atoms with Crippen molar-refractivity contribution in [1.29, 1.82) is 0 Å². The third-order valence-electron chi connectivity index (χ3n) is 6.65. The Morgan fingerprint density at radius 2 is 1.80 bits per heavy atom. The molecule has 9 heteroatoms. The first kappa shape index (κ1) is 23.4. The number of sulfonamides is 1. The van der Waals surface area contributed by atoms with Crippen LogP contribution in [0.15, 0.2) is 66.0 Å². The van der Waals surface area contributed by atoms with Crippen molar-refractivity contribution in [3.63, 3.8) is 0 Å². The minimum atomic E-state index is -3.56. The second-order valence-electron chi connectivity index (χ2n) is 8.98. The topological polar surface area (TPSA) is 101 Å². The zero-order chi connectivity index (χ0) is 24.3. The van der Waals surface area contributed by atoms with Crippen LogP contribution in [0.25, 0.3) is 0 Å². The van der Waals surface area contributed by atoms with Crippen LogP contribution in [-0.4, -0.2) is 41.7 Å². The molecule has 35 heavy (non-hydrogen) atoms. The van der Waals surface area contributed by atoms with Crippen molar-refractivity contribution in [1.82, 2.24) is 14.3 Å². The van der Waals surface area contributed by atoms with Crippen LogP contribution in [0.4, 0.5) is 5.69 Å². The van der Waals surface area contributed by atoms with Crippen molar-refractivity contribution >= 4 is 21.6 Å². The van der Waals surface area contributed by atoms with Crippen LogP contribution in [0.1, 0.15) is 36.8 Å². The highest BCUT2D eigenvalue weighted by molar-refractivity contribution is 7.89. The fourth-order valence-corrected chi connectivity index (χ4v) is 6.24. The van der Waals surface area contributed by atoms with Crippen molar-refractivity contribution in [2.45, 2.75) is 43.4 Å². The van der Waals surface area contributed by atoms with Gasteiger partial charge in [-0.3, -0.25) is 9.78 Å². The van der Waals surface area contributed by atoms with Crippen LogP contribution >= 0.6 is 0 Å². The molecule has 1 saturated heterocycles. The molecule has 0 bridgehead atoms. The van der Waals surface area contributed by atoms with Crippen molar-refractivity contribution in [2.24, 2.45) is 5.92 Å². The van der Waals surface area contributed by atoms with Crippen molar-refractivity contribution in [3.05, 3.63) is 72.2 Å². The first-order chi connectivity index (χ1) is 17.0. The highest BCUT2D eigenvalue weighted by Crippen LogP contribution is 2.29. The van der Waals surface area contributed by atoms with Gasteiger partial charge in [0.15, 0.2) is 0 Å². The number of aryl methyl sites for hydroxylation is 2. The van der Waals surface area contributed by atoms with Gasteiger partial charge in [-0.1, -0.05) is 12.1 Å². The first-order valence-corrected chi connectivity index (χ1v) is 13.4. The van der Waals surface area contributed by atoms with E-state index < -0.39 is 10.0 Å². The van der Waals surface area contributed by atoms with E-state index in [1.807, 2.05) is 12.1 Å². The molecular weight excluding hydrogens is 464 g/mol. The number of ether oxygens (including phenoxy) is 1. The first-order valence-electron chi connectivity index (χ1n) is 12.0. The average Bonchev–Trinajstić information content (AvgIpc) is 2.89. The van der Waals surface area contributed by atoms with Gasteiger partial charge in [0, 0.05) is 43.2 Å². The minimum absolute atomic E-state index is 0.118. The summed E-state index contributed by atoms with van der Waals surface area (Å²) >= 11 is 0. The Morgan fingerprint density at radius 1 is 1.00 bits per heavy atom. The lowest BCUT2D eigenvalue weighted by atomic mass is 9.92. The summed E-state index contributed by atoms with van der Waals surface area (Å²) in [6, 6.07) is 12.6. The quantitative estimate of drug-likeness (QED) is 0.554. The average molecular weight is 493 g/mol. The minimum Gasteiger partial charge on any atom is -0.437 e. The second kappa shape index (κ2) is 10.1. The number of nitrogens with zero attached hydrogens (tertiary/aromatic N) is 3. The number of hydrogen-bond acceptors (Lipinski definition) is 6. The van der Waals surface area contributed by atoms with Crippen molar-refractivity contribution < 1.29 is 17.9 Å². The molecule has 1 aliphatic carbocycles. The van der Waals surface area contributed by atoms with Gasteiger partial charge in [-0.2, -0.15) is 4.31 Å². The normalized spacial score (nSPS) is 16.9. The van der Waals surface area contributed by atoms with E-state index in [2.05, 4.69) is 15.3 Å². The van der Waals surface area contributed by atoms with E-state index in [9.17, 15) is 13.2 Å². The van der Waals surface area contributed by atoms with E-state index in [-0.39, 0.29) is 11.8 Å². The lowest BCUT2D eigenvalue weighted by Crippen LogP contribution is -2.41. The summed E-state index contributed by atoms with van der Waals surface area (Å²) in [5.74, 6) is 0.528. The number of hydrogen-bond donors (Lipinski definition) is 1. The van der Waals surface area contributed by atoms with Gasteiger partial charge >= 0.3 is 0 Å². The molecule has 1 N–H and O–H groups in total. The number of benzene rings is 2. The van der Waals surface area contributed by atoms with Crippen LogP contribution < -0.4 is 10.1 Å². The summed E-state index contributed by atoms with van der Waals surface area (Å²) in [6.07, 6.45) is 9.79. The van der Waals surface area contributed by atoms with E-state index in [0.717, 1.165) is 31.2 Å². The van der Waals surface area contributed by atoms with Gasteiger partial charge in [0.05, 0.1) is 11.1 Å². The maximum absolute atomic E-state index is 13.2. The van der Waals surface area contributed by atoms with Crippen molar-refractivity contribution in [3.8, 4) is 11.6 Å². The van der Waals surface area contributed by atoms with Crippen LogP contribution in [0.5, 0.6) is 11.6 Å². The Labute approximate surface area is 205 Å². The number of piperidine rings is 1. The molecule has 182 valence electrons. The Morgan fingerprint density at radius 3 is 2.57 bits per heavy atom. The number of rotatable bonds is 6. The molecule has 0 radical (unpaired) electrons. The van der Waals surface area contributed by atoms with Crippen LogP contribution in [0, 0.1) is 5.92 Å². The largest absolute Gasteiger partial charge is 0.437 e. The number of anilines is 1. The van der Waals surface area contributed by atoms with Gasteiger partial charge in [-0.25, -0.2) is 13.4 Å². The van der Waals surface area contributed by atoms with E-state index in [1.54, 1.807) is 42.7 Å². The van der Waals surface area contributed by atoms with E-state index >= 15 is 0 Å². The van der Waals surface area contributed by atoms with E-state index in [1.165, 1.54) is 16.1 Å². The molecule has 8 nitrogen and oxygen atoms in total. The second-order valence-corrected chi connectivity index (χ2v) is 10.9. The molecular formula is C26H28N4O4S. The fourth-order valence-electron chi connectivity index (χ4n) is 4.72. The van der Waals surface area contributed by atoms with Gasteiger partial charge in [0.2, 0.25) is 21.8 Å². The Balaban J connectivity index is 1.19. The molecule has 2 aromatic carbocycles. The molecule has 1 fully saturated rings. The third-order valence-corrected chi connectivity index (χ3v) is 8.54. The fraction of sp³-hybridized carbons (Fsp3) is 0.346. The summed E-state index contributed by atoms with van der Waals surface area (Å²) in [7, 11) is -3.56. The molecule has 0 atom stereocenters. The third kappa shape index (κ3) is 5.36. The van der Waals surface area contributed by atoms with Crippen molar-refractivity contribution in [2.75, 3.05) is 18.4 Å². The summed E-state index contributed by atoms with van der Waals surface area (Å²) in [5, 5.41) is 2.93. The molecule has 1 amide bonds. The molecule has 0 spiro atoms. The molecule has 1 aliphatic heterocycles. The zero-order valence-electron chi connectivity index (χ0n) is 19.4. The van der Waals surface area contributed by atoms with Crippen LogP contribution in [-0.2, 0) is 27.7 Å². The predicted octanol–water partition coefficient (Wildman–Crippen LogP) is 4.19. The maximum atomic E-state index is 13.2. The summed E-state index contributed by atoms with van der Waals surface area (Å²) in [5.41, 5.74) is 3.02. The Bertz CT molecular complexity index is 1310. The number of aromatic nitrogens is 2. The van der Waals surface area contributed by atoms with Gasteiger partial charge in [-0.15, -0.1) is 0 Å².